The molecule has 5 rings (SSSR count). The van der Waals surface area contributed by atoms with Crippen molar-refractivity contribution in [1.82, 2.24) is 10.2 Å². The molecule has 4 aromatic carbocycles. The van der Waals surface area contributed by atoms with E-state index in [9.17, 15) is 18.0 Å². The second-order valence-electron chi connectivity index (χ2n) is 12.8. The van der Waals surface area contributed by atoms with E-state index in [0.717, 1.165) is 46.7 Å². The summed E-state index contributed by atoms with van der Waals surface area (Å²) >= 11 is 12.6. The van der Waals surface area contributed by atoms with E-state index in [2.05, 4.69) is 5.32 Å². The quantitative estimate of drug-likeness (QED) is 0.143. The monoisotopic (exact) mass is 751 g/mol. The van der Waals surface area contributed by atoms with Gasteiger partial charge in [-0.15, -0.1) is 0 Å². The zero-order chi connectivity index (χ0) is 36.7. The Hall–Kier alpha value is -4.25. The summed E-state index contributed by atoms with van der Waals surface area (Å²) in [5.41, 5.74) is 3.41. The third-order valence-corrected chi connectivity index (χ3v) is 11.5. The van der Waals surface area contributed by atoms with Gasteiger partial charge < -0.3 is 19.7 Å². The Balaban J connectivity index is 1.61. The summed E-state index contributed by atoms with van der Waals surface area (Å²) in [5, 5.41) is 3.83. The molecular formula is C39H43Cl2N3O6S. The molecule has 0 unspecified atom stereocenters. The van der Waals surface area contributed by atoms with Crippen molar-refractivity contribution in [2.45, 2.75) is 69.5 Å². The molecule has 0 aromatic heterocycles. The highest BCUT2D eigenvalue weighted by atomic mass is 35.5. The number of nitrogens with zero attached hydrogens (tertiary/aromatic N) is 2. The first kappa shape index (κ1) is 38.0. The van der Waals surface area contributed by atoms with Crippen molar-refractivity contribution < 1.29 is 27.5 Å². The fraction of sp³-hybridized carbons (Fsp3) is 0.333. The maximum atomic E-state index is 14.9. The molecule has 0 heterocycles. The summed E-state index contributed by atoms with van der Waals surface area (Å²) in [7, 11) is -1.49. The van der Waals surface area contributed by atoms with Gasteiger partial charge in [-0.1, -0.05) is 78.5 Å². The smallest absolute Gasteiger partial charge is 0.264 e. The van der Waals surface area contributed by atoms with Crippen molar-refractivity contribution in [3.8, 4) is 11.5 Å². The number of carbonyl (C=O) groups is 2. The summed E-state index contributed by atoms with van der Waals surface area (Å²) in [6, 6.07) is 23.2. The van der Waals surface area contributed by atoms with Gasteiger partial charge in [0.15, 0.2) is 11.5 Å². The van der Waals surface area contributed by atoms with Gasteiger partial charge >= 0.3 is 0 Å². The second-order valence-corrected chi connectivity index (χ2v) is 15.5. The lowest BCUT2D eigenvalue weighted by Crippen LogP contribution is -2.54. The van der Waals surface area contributed by atoms with Crippen molar-refractivity contribution in [3.05, 3.63) is 117 Å². The number of carbonyl (C=O) groups excluding carboxylic acids is 2. The molecule has 0 aliphatic heterocycles. The van der Waals surface area contributed by atoms with E-state index in [1.54, 1.807) is 30.3 Å². The van der Waals surface area contributed by atoms with Gasteiger partial charge in [-0.05, 0) is 85.3 Å². The average Bonchev–Trinajstić information content (AvgIpc) is 3.62. The van der Waals surface area contributed by atoms with Gasteiger partial charge in [0.1, 0.15) is 12.6 Å². The van der Waals surface area contributed by atoms with E-state index >= 15 is 0 Å². The lowest BCUT2D eigenvalue weighted by molar-refractivity contribution is -0.140. The fourth-order valence-corrected chi connectivity index (χ4v) is 8.22. The average molecular weight is 753 g/mol. The highest BCUT2D eigenvalue weighted by molar-refractivity contribution is 7.92. The van der Waals surface area contributed by atoms with Crippen LogP contribution < -0.4 is 19.1 Å². The van der Waals surface area contributed by atoms with E-state index in [4.69, 9.17) is 32.7 Å². The minimum absolute atomic E-state index is 0.00472. The van der Waals surface area contributed by atoms with Crippen molar-refractivity contribution in [3.63, 3.8) is 0 Å². The Morgan fingerprint density at radius 2 is 1.49 bits per heavy atom. The molecular weight excluding hydrogens is 709 g/mol. The van der Waals surface area contributed by atoms with Crippen LogP contribution in [0.1, 0.15) is 47.9 Å². The minimum atomic E-state index is -4.37. The second kappa shape index (κ2) is 16.8. The molecule has 0 saturated heterocycles. The Labute approximate surface area is 310 Å². The summed E-state index contributed by atoms with van der Waals surface area (Å²) in [4.78, 5) is 30.5. The molecule has 0 radical (unpaired) electrons. The number of hydrogen-bond acceptors (Lipinski definition) is 6. The number of halogens is 2. The highest BCUT2D eigenvalue weighted by Gasteiger charge is 2.36. The third kappa shape index (κ3) is 9.36. The normalized spacial score (nSPS) is 13.8. The third-order valence-electron chi connectivity index (χ3n) is 9.03. The van der Waals surface area contributed by atoms with Gasteiger partial charge in [-0.3, -0.25) is 13.9 Å². The van der Waals surface area contributed by atoms with Gasteiger partial charge in [-0.2, -0.15) is 0 Å². The first-order valence-corrected chi connectivity index (χ1v) is 19.0. The molecule has 4 aromatic rings. The molecule has 12 heteroatoms. The van der Waals surface area contributed by atoms with Crippen molar-refractivity contribution in [2.24, 2.45) is 0 Å². The van der Waals surface area contributed by atoms with Gasteiger partial charge in [0, 0.05) is 25.1 Å². The molecule has 1 fully saturated rings. The van der Waals surface area contributed by atoms with Crippen molar-refractivity contribution in [2.75, 3.05) is 25.1 Å². The SMILES string of the molecule is COc1ccc(S(=O)(=O)N(CC(=O)N(Cc2ccc(Cl)c(Cl)c2)[C@@H](Cc2ccccc2)C(=O)NC2CCCC2)c2cc(C)cc(C)c2)cc1OC. The molecule has 1 atom stereocenters. The Morgan fingerprint density at radius 1 is 0.824 bits per heavy atom. The van der Waals surface area contributed by atoms with Gasteiger partial charge in [-0.25, -0.2) is 8.42 Å². The highest BCUT2D eigenvalue weighted by Crippen LogP contribution is 2.33. The molecule has 51 heavy (non-hydrogen) atoms. The summed E-state index contributed by atoms with van der Waals surface area (Å²) < 4.78 is 41.0. The topological polar surface area (TPSA) is 105 Å². The zero-order valence-corrected chi connectivity index (χ0v) is 31.5. The molecule has 2 amide bonds. The van der Waals surface area contributed by atoms with Crippen LogP contribution in [0.25, 0.3) is 0 Å². The van der Waals surface area contributed by atoms with E-state index in [0.29, 0.717) is 27.0 Å². The molecule has 0 bridgehead atoms. The van der Waals surface area contributed by atoms with Crippen LogP contribution in [0.15, 0.2) is 89.8 Å². The number of hydrogen-bond donors (Lipinski definition) is 1. The number of rotatable bonds is 14. The van der Waals surface area contributed by atoms with Gasteiger partial charge in [0.2, 0.25) is 11.8 Å². The maximum absolute atomic E-state index is 14.9. The van der Waals surface area contributed by atoms with Crippen LogP contribution in [0, 0.1) is 13.8 Å². The molecule has 1 aliphatic carbocycles. The first-order valence-electron chi connectivity index (χ1n) is 16.8. The number of methoxy groups -OCH3 is 2. The largest absolute Gasteiger partial charge is 0.493 e. The summed E-state index contributed by atoms with van der Waals surface area (Å²) in [6.45, 7) is 3.10. The first-order chi connectivity index (χ1) is 24.4. The van der Waals surface area contributed by atoms with Crippen LogP contribution in [-0.2, 0) is 32.6 Å². The van der Waals surface area contributed by atoms with E-state index in [-0.39, 0.29) is 35.6 Å². The molecule has 1 saturated carbocycles. The maximum Gasteiger partial charge on any atom is 0.264 e. The van der Waals surface area contributed by atoms with Crippen LogP contribution in [0.5, 0.6) is 11.5 Å². The zero-order valence-electron chi connectivity index (χ0n) is 29.2. The predicted molar refractivity (Wildman–Crippen MR) is 201 cm³/mol. The standard InChI is InChI=1S/C39H43Cl2N3O6S/c1-26-18-27(2)20-31(19-26)44(51(47,48)32-15-17-36(49-3)37(23-32)50-4)25-38(45)43(24-29-14-16-33(40)34(41)21-29)35(22-28-10-6-5-7-11-28)39(46)42-30-12-8-9-13-30/h5-7,10-11,14-21,23,30,35H,8-9,12-13,22,24-25H2,1-4H3,(H,42,46)/t35-/m0/s1. The molecule has 0 spiro atoms. The Morgan fingerprint density at radius 3 is 2.12 bits per heavy atom. The molecule has 9 nitrogen and oxygen atoms in total. The number of sulfonamides is 1. The van der Waals surface area contributed by atoms with Crippen LogP contribution in [0.3, 0.4) is 0 Å². The molecule has 1 aliphatic rings. The summed E-state index contributed by atoms with van der Waals surface area (Å²) in [5.74, 6) is -0.306. The van der Waals surface area contributed by atoms with Gasteiger partial charge in [0.05, 0.1) is 34.8 Å². The van der Waals surface area contributed by atoms with Crippen molar-refractivity contribution in [1.29, 1.82) is 0 Å². The number of benzene rings is 4. The lowest BCUT2D eigenvalue weighted by Gasteiger charge is -2.34. The van der Waals surface area contributed by atoms with Crippen LogP contribution in [0.2, 0.25) is 10.0 Å². The van der Waals surface area contributed by atoms with Crippen LogP contribution in [0.4, 0.5) is 5.69 Å². The number of ether oxygens (including phenoxy) is 2. The van der Waals surface area contributed by atoms with E-state index < -0.39 is 28.5 Å². The molecule has 270 valence electrons. The van der Waals surface area contributed by atoms with E-state index in [1.807, 2.05) is 50.2 Å². The Bertz CT molecular complexity index is 1950. The number of aryl methyl sites for hydroxylation is 2. The fourth-order valence-electron chi connectivity index (χ4n) is 6.48. The van der Waals surface area contributed by atoms with Crippen LogP contribution >= 0.6 is 23.2 Å². The van der Waals surface area contributed by atoms with E-state index in [1.165, 1.54) is 37.3 Å². The van der Waals surface area contributed by atoms with Crippen molar-refractivity contribution >= 4 is 50.7 Å². The summed E-state index contributed by atoms with van der Waals surface area (Å²) in [6.07, 6.45) is 3.94. The number of nitrogens with one attached hydrogen (secondary N) is 1. The lowest BCUT2D eigenvalue weighted by atomic mass is 10.0. The minimum Gasteiger partial charge on any atom is -0.493 e. The van der Waals surface area contributed by atoms with Gasteiger partial charge in [0.25, 0.3) is 10.0 Å². The molecule has 1 N–H and O–H groups in total. The number of anilines is 1. The number of amides is 2. The van der Waals surface area contributed by atoms with Crippen LogP contribution in [-0.4, -0.2) is 58.0 Å². The Kier molecular flexibility index (Phi) is 12.5. The predicted octanol–water partition coefficient (Wildman–Crippen LogP) is 7.52.